The molecule has 0 aliphatic carbocycles. The molecule has 1 N–H and O–H groups in total. The summed E-state index contributed by atoms with van der Waals surface area (Å²) in [5, 5.41) is 3.21. The number of carbonyl (C=O) groups excluding carboxylic acids is 1. The fourth-order valence-corrected chi connectivity index (χ4v) is 6.44. The number of guanidine groups is 1. The summed E-state index contributed by atoms with van der Waals surface area (Å²) in [7, 11) is -1.49. The Hall–Kier alpha value is -0.310. The molecule has 0 unspecified atom stereocenters. The number of carbonyl (C=O) groups is 1. The lowest BCUT2D eigenvalue weighted by atomic mass is 10.3. The minimum atomic E-state index is -3.21. The normalized spacial score (nSPS) is 22.1. The van der Waals surface area contributed by atoms with Crippen LogP contribution >= 0.6 is 35.7 Å². The molecule has 3 saturated heterocycles. The highest BCUT2D eigenvalue weighted by Crippen LogP contribution is 2.13. The molecule has 0 aromatic rings. The second kappa shape index (κ2) is 12.7. The molecule has 0 atom stereocenters. The fourth-order valence-electron chi connectivity index (χ4n) is 3.95. The highest BCUT2D eigenvalue weighted by Gasteiger charge is 2.26. The molecule has 9 nitrogen and oxygen atoms in total. The smallest absolute Gasteiger partial charge is 0.236 e. The fraction of sp³-hybridized carbons (Fsp3) is 0.889. The van der Waals surface area contributed by atoms with E-state index in [9.17, 15) is 13.2 Å². The van der Waals surface area contributed by atoms with E-state index < -0.39 is 10.0 Å². The monoisotopic (exact) mass is 574 g/mol. The van der Waals surface area contributed by atoms with Crippen LogP contribution in [0.4, 0.5) is 0 Å². The van der Waals surface area contributed by atoms with Crippen LogP contribution in [0, 0.1) is 0 Å². The number of piperazine rings is 1. The predicted octanol–water partition coefficient (Wildman–Crippen LogP) is -0.202. The molecule has 3 heterocycles. The van der Waals surface area contributed by atoms with E-state index in [2.05, 4.69) is 20.1 Å². The number of nitrogens with one attached hydrogen (secondary N) is 1. The number of thioether (sulfide) groups is 1. The van der Waals surface area contributed by atoms with Crippen molar-refractivity contribution in [1.29, 1.82) is 0 Å². The summed E-state index contributed by atoms with van der Waals surface area (Å²) >= 11 is 1.80. The van der Waals surface area contributed by atoms with Gasteiger partial charge in [0.05, 0.1) is 12.3 Å². The van der Waals surface area contributed by atoms with Crippen molar-refractivity contribution in [1.82, 2.24) is 24.3 Å². The molecule has 174 valence electrons. The van der Waals surface area contributed by atoms with Gasteiger partial charge < -0.3 is 15.1 Å². The van der Waals surface area contributed by atoms with Crippen LogP contribution in [-0.4, -0.2) is 129 Å². The van der Waals surface area contributed by atoms with Crippen LogP contribution in [0.1, 0.15) is 12.8 Å². The Bertz CT molecular complexity index is 673. The second-order valence-corrected chi connectivity index (χ2v) is 11.0. The Balaban J connectivity index is 0.00000320. The lowest BCUT2D eigenvalue weighted by molar-refractivity contribution is -0.131. The van der Waals surface area contributed by atoms with Crippen LogP contribution in [0.15, 0.2) is 4.99 Å². The third-order valence-electron chi connectivity index (χ3n) is 5.71. The summed E-state index contributed by atoms with van der Waals surface area (Å²) in [5.74, 6) is 2.80. The zero-order valence-corrected chi connectivity index (χ0v) is 21.8. The van der Waals surface area contributed by atoms with Crippen molar-refractivity contribution in [2.75, 3.05) is 89.8 Å². The molecular weight excluding hydrogens is 539 g/mol. The van der Waals surface area contributed by atoms with Gasteiger partial charge in [-0.25, -0.2) is 12.7 Å². The van der Waals surface area contributed by atoms with E-state index in [1.165, 1.54) is 0 Å². The number of hydrogen-bond donors (Lipinski definition) is 1. The van der Waals surface area contributed by atoms with Crippen molar-refractivity contribution in [2.24, 2.45) is 4.99 Å². The maximum absolute atomic E-state index is 12.5. The first-order chi connectivity index (χ1) is 14.0. The van der Waals surface area contributed by atoms with Crippen molar-refractivity contribution in [3.05, 3.63) is 0 Å². The topological polar surface area (TPSA) is 88.6 Å². The number of amides is 1. The average molecular weight is 575 g/mol. The van der Waals surface area contributed by atoms with Crippen LogP contribution in [0.5, 0.6) is 0 Å². The highest BCUT2D eigenvalue weighted by molar-refractivity contribution is 14.0. The molecule has 0 aromatic carbocycles. The Labute approximate surface area is 202 Å². The van der Waals surface area contributed by atoms with E-state index in [1.54, 1.807) is 23.1 Å². The molecule has 3 aliphatic rings. The van der Waals surface area contributed by atoms with Gasteiger partial charge in [0.2, 0.25) is 15.9 Å². The first-order valence-corrected chi connectivity index (χ1v) is 13.3. The van der Waals surface area contributed by atoms with Crippen molar-refractivity contribution < 1.29 is 13.2 Å². The molecule has 1 amide bonds. The van der Waals surface area contributed by atoms with Crippen molar-refractivity contribution in [3.8, 4) is 0 Å². The molecule has 0 saturated carbocycles. The molecule has 0 spiro atoms. The van der Waals surface area contributed by atoms with Crippen molar-refractivity contribution in [3.63, 3.8) is 0 Å². The van der Waals surface area contributed by atoms with E-state index in [0.717, 1.165) is 69.6 Å². The molecule has 0 aromatic heterocycles. The highest BCUT2D eigenvalue weighted by atomic mass is 127. The molecule has 30 heavy (non-hydrogen) atoms. The van der Waals surface area contributed by atoms with Crippen LogP contribution < -0.4 is 5.32 Å². The Morgan fingerprint density at radius 2 is 1.60 bits per heavy atom. The van der Waals surface area contributed by atoms with E-state index in [0.29, 0.717) is 26.2 Å². The Morgan fingerprint density at radius 3 is 2.20 bits per heavy atom. The summed E-state index contributed by atoms with van der Waals surface area (Å²) in [6.07, 6.45) is 2.24. The predicted molar refractivity (Wildman–Crippen MR) is 133 cm³/mol. The maximum atomic E-state index is 12.5. The summed E-state index contributed by atoms with van der Waals surface area (Å²) in [6.45, 7) is 7.04. The number of sulfonamides is 1. The van der Waals surface area contributed by atoms with Crippen LogP contribution in [0.3, 0.4) is 0 Å². The Morgan fingerprint density at radius 1 is 0.967 bits per heavy atom. The average Bonchev–Trinajstić information content (AvgIpc) is 3.28. The minimum Gasteiger partial charge on any atom is -0.355 e. The van der Waals surface area contributed by atoms with Crippen LogP contribution in [-0.2, 0) is 14.8 Å². The summed E-state index contributed by atoms with van der Waals surface area (Å²) in [6, 6.07) is 0. The lowest BCUT2D eigenvalue weighted by Crippen LogP contribution is -2.54. The van der Waals surface area contributed by atoms with E-state index in [-0.39, 0.29) is 35.6 Å². The molecule has 12 heteroatoms. The van der Waals surface area contributed by atoms with Gasteiger partial charge in [-0.2, -0.15) is 11.8 Å². The number of likely N-dealkylation sites (tertiary alicyclic amines) is 1. The zero-order chi connectivity index (χ0) is 20.7. The number of rotatable bonds is 6. The summed E-state index contributed by atoms with van der Waals surface area (Å²) < 4.78 is 26.5. The van der Waals surface area contributed by atoms with Crippen molar-refractivity contribution >= 4 is 57.6 Å². The molecule has 3 aliphatic heterocycles. The van der Waals surface area contributed by atoms with Gasteiger partial charge in [0.1, 0.15) is 0 Å². The first kappa shape index (κ1) is 25.9. The van der Waals surface area contributed by atoms with E-state index in [1.807, 2.05) is 4.90 Å². The van der Waals surface area contributed by atoms with Gasteiger partial charge in [-0.05, 0) is 12.8 Å². The lowest BCUT2D eigenvalue weighted by Gasteiger charge is -2.36. The molecule has 0 radical (unpaired) electrons. The standard InChI is InChI=1S/C18H34N6O3S2.HI/c1-19-18(20-4-15-29(26,27)24-11-13-28-14-12-24)23-9-7-21(8-10-23)16-17(25)22-5-2-3-6-22;/h2-16H2,1H3,(H,19,20);1H. The SMILES string of the molecule is CN=C(NCCS(=O)(=O)N1CCSCC1)N1CCN(CC(=O)N2CCCC2)CC1.I. The zero-order valence-electron chi connectivity index (χ0n) is 17.8. The third kappa shape index (κ3) is 7.38. The van der Waals surface area contributed by atoms with Gasteiger partial charge in [-0.15, -0.1) is 24.0 Å². The van der Waals surface area contributed by atoms with E-state index >= 15 is 0 Å². The first-order valence-electron chi connectivity index (χ1n) is 10.5. The van der Waals surface area contributed by atoms with E-state index in [4.69, 9.17) is 0 Å². The molecule has 0 bridgehead atoms. The molecule has 3 rings (SSSR count). The van der Waals surface area contributed by atoms with Gasteiger partial charge in [0, 0.05) is 77.5 Å². The van der Waals surface area contributed by atoms with Gasteiger partial charge in [-0.3, -0.25) is 14.7 Å². The molecular formula is C18H35IN6O3S2. The van der Waals surface area contributed by atoms with Gasteiger partial charge >= 0.3 is 0 Å². The van der Waals surface area contributed by atoms with Crippen LogP contribution in [0.25, 0.3) is 0 Å². The van der Waals surface area contributed by atoms with Gasteiger partial charge in [0.15, 0.2) is 5.96 Å². The van der Waals surface area contributed by atoms with Crippen molar-refractivity contribution in [2.45, 2.75) is 12.8 Å². The quantitative estimate of drug-likeness (QED) is 0.267. The minimum absolute atomic E-state index is 0. The number of halogens is 1. The largest absolute Gasteiger partial charge is 0.355 e. The summed E-state index contributed by atoms with van der Waals surface area (Å²) in [4.78, 5) is 22.9. The number of hydrogen-bond acceptors (Lipinski definition) is 6. The van der Waals surface area contributed by atoms with Gasteiger partial charge in [0.25, 0.3) is 0 Å². The third-order valence-corrected chi connectivity index (χ3v) is 8.52. The second-order valence-electron chi connectivity index (χ2n) is 7.65. The molecule has 3 fully saturated rings. The van der Waals surface area contributed by atoms with Crippen LogP contribution in [0.2, 0.25) is 0 Å². The summed E-state index contributed by atoms with van der Waals surface area (Å²) in [5.41, 5.74) is 0. The maximum Gasteiger partial charge on any atom is 0.236 e. The number of aliphatic imine (C=N–C) groups is 1. The van der Waals surface area contributed by atoms with Gasteiger partial charge in [-0.1, -0.05) is 0 Å². The number of nitrogens with zero attached hydrogens (tertiary/aromatic N) is 5. The Kier molecular flexibility index (Phi) is 10.9.